The fourth-order valence-corrected chi connectivity index (χ4v) is 2.24. The molecular weight excluding hydrogens is 268 g/mol. The van der Waals surface area contributed by atoms with Gasteiger partial charge >= 0.3 is 0 Å². The minimum atomic E-state index is 0.636. The van der Waals surface area contributed by atoms with E-state index in [0.717, 1.165) is 11.1 Å². The lowest BCUT2D eigenvalue weighted by molar-refractivity contribution is 0.355. The zero-order valence-electron chi connectivity index (χ0n) is 12.1. The monoisotopic (exact) mass is 284 g/mol. The van der Waals surface area contributed by atoms with Crippen LogP contribution in [0.5, 0.6) is 11.5 Å². The van der Waals surface area contributed by atoms with Gasteiger partial charge < -0.3 is 15.2 Å². The molecule has 0 amide bonds. The predicted octanol–water partition coefficient (Wildman–Crippen LogP) is 2.30. The molecule has 6 heteroatoms. The second-order valence-electron chi connectivity index (χ2n) is 4.70. The summed E-state index contributed by atoms with van der Waals surface area (Å²) in [6.45, 7) is 1.94. The number of ether oxygens (including phenoxy) is 2. The lowest BCUT2D eigenvalue weighted by Gasteiger charge is -2.09. The molecule has 21 heavy (non-hydrogen) atoms. The molecule has 2 heterocycles. The van der Waals surface area contributed by atoms with Crippen LogP contribution in [0.15, 0.2) is 30.5 Å². The van der Waals surface area contributed by atoms with Crippen LogP contribution >= 0.6 is 0 Å². The highest BCUT2D eigenvalue weighted by Crippen LogP contribution is 2.32. The molecule has 0 bridgehead atoms. The summed E-state index contributed by atoms with van der Waals surface area (Å²) < 4.78 is 12.4. The SMILES string of the molecule is COc1ccc(-c2nnc3c(N)c(C)ccn23)cc1OC. The number of nitrogen functional groups attached to an aromatic ring is 1. The lowest BCUT2D eigenvalue weighted by Crippen LogP contribution is -1.97. The summed E-state index contributed by atoms with van der Waals surface area (Å²) in [6, 6.07) is 7.56. The van der Waals surface area contributed by atoms with Gasteiger partial charge in [-0.05, 0) is 36.8 Å². The summed E-state index contributed by atoms with van der Waals surface area (Å²) >= 11 is 0. The summed E-state index contributed by atoms with van der Waals surface area (Å²) in [6.07, 6.45) is 1.91. The van der Waals surface area contributed by atoms with E-state index in [1.807, 2.05) is 41.8 Å². The number of nitrogens with zero attached hydrogens (tertiary/aromatic N) is 3. The number of hydrogen-bond acceptors (Lipinski definition) is 5. The van der Waals surface area contributed by atoms with Gasteiger partial charge in [-0.2, -0.15) is 0 Å². The fourth-order valence-electron chi connectivity index (χ4n) is 2.24. The highest BCUT2D eigenvalue weighted by atomic mass is 16.5. The summed E-state index contributed by atoms with van der Waals surface area (Å²) in [4.78, 5) is 0. The van der Waals surface area contributed by atoms with Gasteiger partial charge in [-0.15, -0.1) is 10.2 Å². The molecule has 0 radical (unpaired) electrons. The molecule has 0 saturated carbocycles. The fraction of sp³-hybridized carbons (Fsp3) is 0.200. The van der Waals surface area contributed by atoms with Crippen LogP contribution in [-0.2, 0) is 0 Å². The summed E-state index contributed by atoms with van der Waals surface area (Å²) in [5, 5.41) is 8.40. The van der Waals surface area contributed by atoms with Crippen LogP contribution < -0.4 is 15.2 Å². The number of rotatable bonds is 3. The second-order valence-corrected chi connectivity index (χ2v) is 4.70. The van der Waals surface area contributed by atoms with Crippen molar-refractivity contribution in [3.8, 4) is 22.9 Å². The first-order valence-corrected chi connectivity index (χ1v) is 6.48. The molecule has 0 spiro atoms. The van der Waals surface area contributed by atoms with Gasteiger partial charge in [0.05, 0.1) is 19.9 Å². The third kappa shape index (κ3) is 2.05. The highest BCUT2D eigenvalue weighted by Gasteiger charge is 2.13. The Morgan fingerprint density at radius 2 is 1.81 bits per heavy atom. The van der Waals surface area contributed by atoms with Crippen molar-refractivity contribution in [2.24, 2.45) is 0 Å². The molecule has 0 aliphatic carbocycles. The first-order chi connectivity index (χ1) is 10.2. The van der Waals surface area contributed by atoms with Gasteiger partial charge in [-0.3, -0.25) is 4.40 Å². The van der Waals surface area contributed by atoms with Crippen molar-refractivity contribution >= 4 is 11.3 Å². The van der Waals surface area contributed by atoms with Gasteiger partial charge in [0.2, 0.25) is 0 Å². The number of anilines is 1. The minimum absolute atomic E-state index is 0.636. The summed E-state index contributed by atoms with van der Waals surface area (Å²) in [5.41, 5.74) is 9.19. The Balaban J connectivity index is 2.19. The van der Waals surface area contributed by atoms with E-state index in [9.17, 15) is 0 Å². The average molecular weight is 284 g/mol. The zero-order valence-corrected chi connectivity index (χ0v) is 12.1. The molecule has 0 saturated heterocycles. The number of nitrogens with two attached hydrogens (primary N) is 1. The molecule has 3 aromatic rings. The number of aromatic nitrogens is 3. The normalized spacial score (nSPS) is 10.8. The van der Waals surface area contributed by atoms with E-state index in [1.165, 1.54) is 0 Å². The maximum Gasteiger partial charge on any atom is 0.184 e. The summed E-state index contributed by atoms with van der Waals surface area (Å²) in [7, 11) is 3.21. The van der Waals surface area contributed by atoms with E-state index >= 15 is 0 Å². The molecule has 3 rings (SSSR count). The van der Waals surface area contributed by atoms with Crippen LogP contribution in [0.2, 0.25) is 0 Å². The molecule has 6 nitrogen and oxygen atoms in total. The van der Waals surface area contributed by atoms with Crippen LogP contribution in [0.4, 0.5) is 5.69 Å². The Labute approximate surface area is 122 Å². The zero-order chi connectivity index (χ0) is 15.0. The number of fused-ring (bicyclic) bond motifs is 1. The Kier molecular flexibility index (Phi) is 3.13. The first-order valence-electron chi connectivity index (χ1n) is 6.48. The maximum absolute atomic E-state index is 6.04. The highest BCUT2D eigenvalue weighted by molar-refractivity contribution is 5.72. The molecule has 0 fully saturated rings. The van der Waals surface area contributed by atoms with E-state index < -0.39 is 0 Å². The first kappa shape index (κ1) is 13.2. The predicted molar refractivity (Wildman–Crippen MR) is 80.7 cm³/mol. The Hall–Kier alpha value is -2.76. The van der Waals surface area contributed by atoms with Crippen LogP contribution in [0.3, 0.4) is 0 Å². The molecule has 108 valence electrons. The molecule has 0 atom stereocenters. The van der Waals surface area contributed by atoms with E-state index in [1.54, 1.807) is 14.2 Å². The molecule has 0 aliphatic rings. The number of hydrogen-bond donors (Lipinski definition) is 1. The van der Waals surface area contributed by atoms with E-state index in [2.05, 4.69) is 10.2 Å². The van der Waals surface area contributed by atoms with Gasteiger partial charge in [0.1, 0.15) is 0 Å². The lowest BCUT2D eigenvalue weighted by atomic mass is 10.2. The van der Waals surface area contributed by atoms with Crippen LogP contribution in [-0.4, -0.2) is 28.8 Å². The quantitative estimate of drug-likeness (QED) is 0.798. The molecular formula is C15H16N4O2. The van der Waals surface area contributed by atoms with Crippen molar-refractivity contribution in [3.63, 3.8) is 0 Å². The average Bonchev–Trinajstić information content (AvgIpc) is 2.95. The molecule has 2 N–H and O–H groups in total. The van der Waals surface area contributed by atoms with Crippen molar-refractivity contribution in [2.75, 3.05) is 20.0 Å². The van der Waals surface area contributed by atoms with Crippen molar-refractivity contribution in [1.29, 1.82) is 0 Å². The van der Waals surface area contributed by atoms with Gasteiger partial charge in [-0.25, -0.2) is 0 Å². The van der Waals surface area contributed by atoms with E-state index in [4.69, 9.17) is 15.2 Å². The second kappa shape index (κ2) is 4.97. The Morgan fingerprint density at radius 1 is 1.05 bits per heavy atom. The number of pyridine rings is 1. The van der Waals surface area contributed by atoms with Gasteiger partial charge in [0.15, 0.2) is 23.0 Å². The van der Waals surface area contributed by atoms with E-state index in [-0.39, 0.29) is 0 Å². The van der Waals surface area contributed by atoms with E-state index in [0.29, 0.717) is 28.7 Å². The number of aryl methyl sites for hydroxylation is 1. The van der Waals surface area contributed by atoms with Crippen LogP contribution in [0, 0.1) is 6.92 Å². The maximum atomic E-state index is 6.04. The van der Waals surface area contributed by atoms with Gasteiger partial charge in [-0.1, -0.05) is 0 Å². The topological polar surface area (TPSA) is 74.7 Å². The Bertz CT molecular complexity index is 811. The third-order valence-electron chi connectivity index (χ3n) is 3.48. The van der Waals surface area contributed by atoms with Crippen LogP contribution in [0.25, 0.3) is 17.0 Å². The molecule has 0 unspecified atom stereocenters. The molecule has 2 aromatic heterocycles. The minimum Gasteiger partial charge on any atom is -0.493 e. The molecule has 1 aromatic carbocycles. The standard InChI is InChI=1S/C15H16N4O2/c1-9-6-7-19-14(17-18-15(19)13(9)16)10-4-5-11(20-2)12(8-10)21-3/h4-8H,16H2,1-3H3. The smallest absolute Gasteiger partial charge is 0.184 e. The van der Waals surface area contributed by atoms with Crippen molar-refractivity contribution < 1.29 is 9.47 Å². The summed E-state index contributed by atoms with van der Waals surface area (Å²) in [5.74, 6) is 2.02. The van der Waals surface area contributed by atoms with Crippen molar-refractivity contribution in [2.45, 2.75) is 6.92 Å². The van der Waals surface area contributed by atoms with Gasteiger partial charge in [0.25, 0.3) is 0 Å². The molecule has 0 aliphatic heterocycles. The number of methoxy groups -OCH3 is 2. The van der Waals surface area contributed by atoms with Crippen molar-refractivity contribution in [3.05, 3.63) is 36.0 Å². The Morgan fingerprint density at radius 3 is 2.52 bits per heavy atom. The largest absolute Gasteiger partial charge is 0.493 e. The third-order valence-corrected chi connectivity index (χ3v) is 3.48. The number of benzene rings is 1. The van der Waals surface area contributed by atoms with Crippen LogP contribution in [0.1, 0.15) is 5.56 Å². The van der Waals surface area contributed by atoms with Gasteiger partial charge in [0, 0.05) is 11.8 Å². The van der Waals surface area contributed by atoms with Crippen molar-refractivity contribution in [1.82, 2.24) is 14.6 Å².